The average Bonchev–Trinajstić information content (AvgIpc) is 2.38. The van der Waals surface area contributed by atoms with Gasteiger partial charge in [0, 0.05) is 11.5 Å². The number of hydrogen-bond donors (Lipinski definition) is 0. The molecule has 0 fully saturated rings. The number of unbranched alkanes of at least 4 members (excludes halogenated alkanes) is 2. The molecule has 1 atom stereocenters. The number of carbonyl (C=O) groups excluding carboxylic acids is 1. The zero-order valence-corrected chi connectivity index (χ0v) is 11.1. The van der Waals surface area contributed by atoms with Crippen molar-refractivity contribution in [2.45, 2.75) is 52.4 Å². The lowest BCUT2D eigenvalue weighted by Crippen LogP contribution is -2.14. The number of ketones is 1. The Bertz CT molecular complexity index is 316. The molecule has 1 nitrogen and oxygen atoms in total. The topological polar surface area (TPSA) is 17.1 Å². The van der Waals surface area contributed by atoms with Gasteiger partial charge in [-0.3, -0.25) is 4.79 Å². The van der Waals surface area contributed by atoms with Gasteiger partial charge in [0.25, 0.3) is 0 Å². The maximum absolute atomic E-state index is 12.3. The fraction of sp³-hybridized carbons (Fsp3) is 0.562. The standard InChI is InChI=1S/C16H24O/c1-3-5-7-11-14(10-4-2)16(17)15-12-8-6-9-13-15/h6,8-9,12-14H,3-5,7,10-11H2,1-2H3. The highest BCUT2D eigenvalue weighted by Gasteiger charge is 2.18. The number of rotatable bonds is 8. The van der Waals surface area contributed by atoms with Crippen molar-refractivity contribution < 1.29 is 4.79 Å². The second-order valence-corrected chi connectivity index (χ2v) is 4.71. The third-order valence-electron chi connectivity index (χ3n) is 3.22. The highest BCUT2D eigenvalue weighted by Crippen LogP contribution is 2.20. The number of benzene rings is 1. The molecular weight excluding hydrogens is 208 g/mol. The smallest absolute Gasteiger partial charge is 0.165 e. The van der Waals surface area contributed by atoms with Gasteiger partial charge in [0.1, 0.15) is 0 Å². The third-order valence-corrected chi connectivity index (χ3v) is 3.22. The summed E-state index contributed by atoms with van der Waals surface area (Å²) in [6.07, 6.45) is 6.81. The molecule has 0 bridgehead atoms. The largest absolute Gasteiger partial charge is 0.294 e. The second kappa shape index (κ2) is 8.05. The van der Waals surface area contributed by atoms with E-state index in [9.17, 15) is 4.79 Å². The molecule has 1 aromatic rings. The summed E-state index contributed by atoms with van der Waals surface area (Å²) >= 11 is 0. The van der Waals surface area contributed by atoms with Crippen molar-refractivity contribution in [1.29, 1.82) is 0 Å². The minimum atomic E-state index is 0.231. The van der Waals surface area contributed by atoms with Gasteiger partial charge in [-0.05, 0) is 12.8 Å². The molecule has 0 spiro atoms. The Kier molecular flexibility index (Phi) is 6.61. The Morgan fingerprint density at radius 1 is 1.00 bits per heavy atom. The number of carbonyl (C=O) groups is 1. The van der Waals surface area contributed by atoms with E-state index >= 15 is 0 Å². The molecule has 1 heteroatoms. The van der Waals surface area contributed by atoms with Gasteiger partial charge in [0.15, 0.2) is 5.78 Å². The molecule has 0 N–H and O–H groups in total. The summed E-state index contributed by atoms with van der Waals surface area (Å²) in [6, 6.07) is 9.73. The summed E-state index contributed by atoms with van der Waals surface area (Å²) in [5.41, 5.74) is 0.877. The van der Waals surface area contributed by atoms with Crippen LogP contribution < -0.4 is 0 Å². The van der Waals surface area contributed by atoms with E-state index in [1.165, 1.54) is 19.3 Å². The molecule has 1 rings (SSSR count). The summed E-state index contributed by atoms with van der Waals surface area (Å²) in [5, 5.41) is 0. The van der Waals surface area contributed by atoms with Gasteiger partial charge in [0.2, 0.25) is 0 Å². The van der Waals surface area contributed by atoms with Crippen LogP contribution in [0.1, 0.15) is 62.7 Å². The Morgan fingerprint density at radius 2 is 1.71 bits per heavy atom. The molecule has 0 heterocycles. The predicted octanol–water partition coefficient (Wildman–Crippen LogP) is 4.87. The van der Waals surface area contributed by atoms with Crippen molar-refractivity contribution >= 4 is 5.78 Å². The molecule has 0 aliphatic heterocycles. The van der Waals surface area contributed by atoms with Gasteiger partial charge >= 0.3 is 0 Å². The molecule has 0 aliphatic rings. The van der Waals surface area contributed by atoms with Crippen LogP contribution in [0, 0.1) is 5.92 Å². The lowest BCUT2D eigenvalue weighted by molar-refractivity contribution is 0.0903. The predicted molar refractivity (Wildman–Crippen MR) is 73.3 cm³/mol. The van der Waals surface area contributed by atoms with Crippen molar-refractivity contribution in [2.24, 2.45) is 5.92 Å². The Hall–Kier alpha value is -1.11. The van der Waals surface area contributed by atoms with E-state index in [0.29, 0.717) is 5.78 Å². The molecule has 1 aromatic carbocycles. The van der Waals surface area contributed by atoms with Crippen LogP contribution in [0.3, 0.4) is 0 Å². The normalized spacial score (nSPS) is 12.4. The van der Waals surface area contributed by atoms with Gasteiger partial charge < -0.3 is 0 Å². The SMILES string of the molecule is CCCCCC(CCC)C(=O)c1ccccc1. The monoisotopic (exact) mass is 232 g/mol. The Balaban J connectivity index is 2.60. The molecule has 0 aliphatic carbocycles. The van der Waals surface area contributed by atoms with Gasteiger partial charge in [0.05, 0.1) is 0 Å². The molecule has 94 valence electrons. The molecule has 0 amide bonds. The summed E-state index contributed by atoms with van der Waals surface area (Å²) < 4.78 is 0. The minimum Gasteiger partial charge on any atom is -0.294 e. The number of hydrogen-bond acceptors (Lipinski definition) is 1. The fourth-order valence-electron chi connectivity index (χ4n) is 2.23. The van der Waals surface area contributed by atoms with Gasteiger partial charge in [-0.15, -0.1) is 0 Å². The minimum absolute atomic E-state index is 0.231. The lowest BCUT2D eigenvalue weighted by Gasteiger charge is -2.14. The third kappa shape index (κ3) is 4.72. The summed E-state index contributed by atoms with van der Waals surface area (Å²) in [6.45, 7) is 4.36. The van der Waals surface area contributed by atoms with Crippen molar-refractivity contribution in [3.8, 4) is 0 Å². The van der Waals surface area contributed by atoms with Crippen molar-refractivity contribution in [2.75, 3.05) is 0 Å². The molecule has 0 aromatic heterocycles. The first-order valence-electron chi connectivity index (χ1n) is 6.88. The molecule has 1 unspecified atom stereocenters. The van der Waals surface area contributed by atoms with E-state index in [0.717, 1.165) is 24.8 Å². The summed E-state index contributed by atoms with van der Waals surface area (Å²) in [5.74, 6) is 0.567. The van der Waals surface area contributed by atoms with Crippen molar-refractivity contribution in [3.63, 3.8) is 0 Å². The van der Waals surface area contributed by atoms with E-state index in [1.54, 1.807) is 0 Å². The Morgan fingerprint density at radius 3 is 2.29 bits per heavy atom. The second-order valence-electron chi connectivity index (χ2n) is 4.71. The lowest BCUT2D eigenvalue weighted by atomic mass is 9.89. The van der Waals surface area contributed by atoms with E-state index in [2.05, 4.69) is 13.8 Å². The molecule has 0 saturated carbocycles. The van der Waals surface area contributed by atoms with Crippen LogP contribution in [-0.4, -0.2) is 5.78 Å². The quantitative estimate of drug-likeness (QED) is 0.462. The summed E-state index contributed by atoms with van der Waals surface area (Å²) in [7, 11) is 0. The van der Waals surface area contributed by atoms with Crippen LogP contribution in [-0.2, 0) is 0 Å². The zero-order chi connectivity index (χ0) is 12.5. The zero-order valence-electron chi connectivity index (χ0n) is 11.1. The van der Waals surface area contributed by atoms with Gasteiger partial charge in [-0.2, -0.15) is 0 Å². The van der Waals surface area contributed by atoms with E-state index in [-0.39, 0.29) is 5.92 Å². The van der Waals surface area contributed by atoms with Gasteiger partial charge in [-0.1, -0.05) is 69.9 Å². The maximum atomic E-state index is 12.3. The van der Waals surface area contributed by atoms with Crippen LogP contribution in [0.25, 0.3) is 0 Å². The first-order chi connectivity index (χ1) is 8.29. The van der Waals surface area contributed by atoms with Gasteiger partial charge in [-0.25, -0.2) is 0 Å². The van der Waals surface area contributed by atoms with E-state index in [4.69, 9.17) is 0 Å². The van der Waals surface area contributed by atoms with Crippen molar-refractivity contribution in [3.05, 3.63) is 35.9 Å². The van der Waals surface area contributed by atoms with Crippen molar-refractivity contribution in [1.82, 2.24) is 0 Å². The Labute approximate surface area is 105 Å². The van der Waals surface area contributed by atoms with Crippen LogP contribution >= 0.6 is 0 Å². The molecule has 0 radical (unpaired) electrons. The van der Waals surface area contributed by atoms with Crippen LogP contribution in [0.15, 0.2) is 30.3 Å². The van der Waals surface area contributed by atoms with Crippen LogP contribution in [0.2, 0.25) is 0 Å². The first-order valence-corrected chi connectivity index (χ1v) is 6.88. The average molecular weight is 232 g/mol. The number of Topliss-reactive ketones (excluding diaryl/α,β-unsaturated/α-hetero) is 1. The maximum Gasteiger partial charge on any atom is 0.165 e. The van der Waals surface area contributed by atoms with E-state index in [1.807, 2.05) is 30.3 Å². The fourth-order valence-corrected chi connectivity index (χ4v) is 2.23. The highest BCUT2D eigenvalue weighted by molar-refractivity contribution is 5.97. The van der Waals surface area contributed by atoms with Crippen LogP contribution in [0.4, 0.5) is 0 Å². The molecule has 0 saturated heterocycles. The van der Waals surface area contributed by atoms with Crippen LogP contribution in [0.5, 0.6) is 0 Å². The molecular formula is C16H24O. The van der Waals surface area contributed by atoms with E-state index < -0.39 is 0 Å². The highest BCUT2D eigenvalue weighted by atomic mass is 16.1. The summed E-state index contributed by atoms with van der Waals surface area (Å²) in [4.78, 5) is 12.3. The first kappa shape index (κ1) is 14.0. The molecule has 17 heavy (non-hydrogen) atoms.